The number of amides is 2. The first-order chi connectivity index (χ1) is 11.7. The first-order valence-electron chi connectivity index (χ1n) is 8.24. The van der Waals surface area contributed by atoms with E-state index in [0.29, 0.717) is 23.4 Å². The molecule has 1 aliphatic heterocycles. The van der Waals surface area contributed by atoms with Gasteiger partial charge in [-0.1, -0.05) is 23.7 Å². The van der Waals surface area contributed by atoms with Crippen molar-refractivity contribution in [3.63, 3.8) is 0 Å². The van der Waals surface area contributed by atoms with Crippen molar-refractivity contribution in [2.75, 3.05) is 13.1 Å². The molecule has 1 aromatic rings. The molecule has 1 heterocycles. The van der Waals surface area contributed by atoms with Crippen molar-refractivity contribution in [2.45, 2.75) is 45.3 Å². The van der Waals surface area contributed by atoms with Crippen LogP contribution in [0.3, 0.4) is 0 Å². The van der Waals surface area contributed by atoms with E-state index in [-0.39, 0.29) is 24.8 Å². The number of nitrogens with zero attached hydrogens (tertiary/aromatic N) is 1. The highest BCUT2D eigenvalue weighted by Crippen LogP contribution is 2.25. The SMILES string of the molecule is CC(C)(C)OC(=O)NCCN1C(=O)CC[C@H]1C(=O)c1ccccc1Cl. The fraction of sp³-hybridized carbons (Fsp3) is 0.500. The Labute approximate surface area is 152 Å². The van der Waals surface area contributed by atoms with E-state index in [4.69, 9.17) is 16.3 Å². The molecule has 0 aromatic heterocycles. The fourth-order valence-corrected chi connectivity index (χ4v) is 2.95. The predicted molar refractivity (Wildman–Crippen MR) is 94.8 cm³/mol. The minimum Gasteiger partial charge on any atom is -0.444 e. The quantitative estimate of drug-likeness (QED) is 0.812. The van der Waals surface area contributed by atoms with Crippen LogP contribution in [0.5, 0.6) is 0 Å². The lowest BCUT2D eigenvalue weighted by molar-refractivity contribution is -0.128. The van der Waals surface area contributed by atoms with E-state index < -0.39 is 17.7 Å². The molecule has 2 rings (SSSR count). The second-order valence-electron chi connectivity index (χ2n) is 6.91. The molecule has 1 N–H and O–H groups in total. The zero-order valence-corrected chi connectivity index (χ0v) is 15.4. The number of Topliss-reactive ketones (excluding diaryl/α,β-unsaturated/α-hetero) is 1. The molecule has 1 saturated heterocycles. The maximum Gasteiger partial charge on any atom is 0.407 e. The Bertz CT molecular complexity index is 669. The van der Waals surface area contributed by atoms with E-state index in [9.17, 15) is 14.4 Å². The van der Waals surface area contributed by atoms with Gasteiger partial charge in [0.05, 0.1) is 11.1 Å². The van der Waals surface area contributed by atoms with Gasteiger partial charge in [-0.05, 0) is 39.3 Å². The smallest absolute Gasteiger partial charge is 0.407 e. The fourth-order valence-electron chi connectivity index (χ4n) is 2.72. The Hall–Kier alpha value is -2.08. The summed E-state index contributed by atoms with van der Waals surface area (Å²) in [6.07, 6.45) is 0.218. The van der Waals surface area contributed by atoms with Crippen LogP contribution in [0, 0.1) is 0 Å². The van der Waals surface area contributed by atoms with E-state index in [2.05, 4.69) is 5.32 Å². The maximum atomic E-state index is 12.7. The van der Waals surface area contributed by atoms with Gasteiger partial charge in [0.15, 0.2) is 5.78 Å². The number of ketones is 1. The molecule has 1 atom stereocenters. The van der Waals surface area contributed by atoms with E-state index in [1.54, 1.807) is 45.0 Å². The number of likely N-dealkylation sites (tertiary alicyclic amines) is 1. The number of hydrogen-bond acceptors (Lipinski definition) is 4. The maximum absolute atomic E-state index is 12.7. The second kappa shape index (κ2) is 7.87. The average Bonchev–Trinajstić information content (AvgIpc) is 2.86. The van der Waals surface area contributed by atoms with Crippen LogP contribution < -0.4 is 5.32 Å². The second-order valence-corrected chi connectivity index (χ2v) is 7.32. The molecular formula is C18H23ClN2O4. The van der Waals surface area contributed by atoms with Crippen LogP contribution in [0.25, 0.3) is 0 Å². The van der Waals surface area contributed by atoms with Crippen LogP contribution in [-0.4, -0.2) is 47.4 Å². The van der Waals surface area contributed by atoms with Gasteiger partial charge < -0.3 is 15.0 Å². The van der Waals surface area contributed by atoms with Crippen LogP contribution in [0.2, 0.25) is 5.02 Å². The van der Waals surface area contributed by atoms with Gasteiger partial charge in [-0.15, -0.1) is 0 Å². The lowest BCUT2D eigenvalue weighted by atomic mass is 10.0. The van der Waals surface area contributed by atoms with Gasteiger partial charge in [0.25, 0.3) is 0 Å². The standard InChI is InChI=1S/C18H23ClN2O4/c1-18(2,3)25-17(24)20-10-11-21-14(8-9-15(21)22)16(23)12-6-4-5-7-13(12)19/h4-7,14H,8-11H2,1-3H3,(H,20,24)/t14-/m0/s1. The largest absolute Gasteiger partial charge is 0.444 e. The third kappa shape index (κ3) is 5.19. The monoisotopic (exact) mass is 366 g/mol. The minimum atomic E-state index is -0.587. The molecule has 1 aliphatic rings. The lowest BCUT2D eigenvalue weighted by Gasteiger charge is -2.25. The molecule has 0 unspecified atom stereocenters. The molecule has 2 amide bonds. The zero-order valence-electron chi connectivity index (χ0n) is 14.7. The number of ether oxygens (including phenoxy) is 1. The number of alkyl carbamates (subject to hydrolysis) is 1. The average molecular weight is 367 g/mol. The van der Waals surface area contributed by atoms with E-state index in [1.807, 2.05) is 0 Å². The van der Waals surface area contributed by atoms with Gasteiger partial charge in [-0.2, -0.15) is 0 Å². The van der Waals surface area contributed by atoms with Crippen LogP contribution in [0.15, 0.2) is 24.3 Å². The van der Waals surface area contributed by atoms with E-state index in [1.165, 1.54) is 4.90 Å². The Morgan fingerprint density at radius 3 is 2.64 bits per heavy atom. The summed E-state index contributed by atoms with van der Waals surface area (Å²) in [7, 11) is 0. The Morgan fingerprint density at radius 2 is 2.00 bits per heavy atom. The van der Waals surface area contributed by atoms with Crippen molar-refractivity contribution >= 4 is 29.4 Å². The Morgan fingerprint density at radius 1 is 1.32 bits per heavy atom. The third-order valence-electron chi connectivity index (χ3n) is 3.79. The molecule has 0 radical (unpaired) electrons. The van der Waals surface area contributed by atoms with Gasteiger partial charge >= 0.3 is 6.09 Å². The summed E-state index contributed by atoms with van der Waals surface area (Å²) in [5.41, 5.74) is -0.176. The minimum absolute atomic E-state index is 0.101. The summed E-state index contributed by atoms with van der Waals surface area (Å²) in [6, 6.07) is 6.25. The molecule has 1 fully saturated rings. The van der Waals surface area contributed by atoms with Gasteiger partial charge in [0, 0.05) is 25.1 Å². The molecule has 25 heavy (non-hydrogen) atoms. The number of hydrogen-bond donors (Lipinski definition) is 1. The highest BCUT2D eigenvalue weighted by atomic mass is 35.5. The molecule has 6 nitrogen and oxygen atoms in total. The third-order valence-corrected chi connectivity index (χ3v) is 4.12. The summed E-state index contributed by atoms with van der Waals surface area (Å²) in [5, 5.41) is 2.98. The van der Waals surface area contributed by atoms with Crippen LogP contribution in [-0.2, 0) is 9.53 Å². The van der Waals surface area contributed by atoms with Crippen molar-refractivity contribution in [3.8, 4) is 0 Å². The number of nitrogens with one attached hydrogen (secondary N) is 1. The normalized spacial score (nSPS) is 17.5. The molecule has 136 valence electrons. The molecule has 0 bridgehead atoms. The lowest BCUT2D eigenvalue weighted by Crippen LogP contribution is -2.44. The van der Waals surface area contributed by atoms with Gasteiger partial charge in [0.2, 0.25) is 5.91 Å². The molecule has 7 heteroatoms. The predicted octanol–water partition coefficient (Wildman–Crippen LogP) is 3.04. The summed E-state index contributed by atoms with van der Waals surface area (Å²) >= 11 is 6.09. The van der Waals surface area contributed by atoms with Crippen LogP contribution in [0.1, 0.15) is 44.0 Å². The van der Waals surface area contributed by atoms with E-state index >= 15 is 0 Å². The summed E-state index contributed by atoms with van der Waals surface area (Å²) in [6.45, 7) is 5.78. The van der Waals surface area contributed by atoms with Crippen molar-refractivity contribution < 1.29 is 19.1 Å². The number of rotatable bonds is 5. The molecular weight excluding hydrogens is 344 g/mol. The highest BCUT2D eigenvalue weighted by molar-refractivity contribution is 6.34. The molecule has 0 saturated carbocycles. The van der Waals surface area contributed by atoms with Crippen molar-refractivity contribution in [1.82, 2.24) is 10.2 Å². The summed E-state index contributed by atoms with van der Waals surface area (Å²) in [5.74, 6) is -0.273. The number of carbonyl (C=O) groups is 3. The Kier molecular flexibility index (Phi) is 6.06. The first kappa shape index (κ1) is 19.2. The first-order valence-corrected chi connectivity index (χ1v) is 8.62. The number of carbonyl (C=O) groups excluding carboxylic acids is 3. The summed E-state index contributed by atoms with van der Waals surface area (Å²) < 4.78 is 5.15. The van der Waals surface area contributed by atoms with Gasteiger partial charge in [0.1, 0.15) is 5.60 Å². The number of benzene rings is 1. The number of halogens is 1. The van der Waals surface area contributed by atoms with Crippen molar-refractivity contribution in [3.05, 3.63) is 34.9 Å². The van der Waals surface area contributed by atoms with Crippen molar-refractivity contribution in [1.29, 1.82) is 0 Å². The topological polar surface area (TPSA) is 75.7 Å². The van der Waals surface area contributed by atoms with Gasteiger partial charge in [-0.25, -0.2) is 4.79 Å². The zero-order chi connectivity index (χ0) is 18.6. The van der Waals surface area contributed by atoms with Gasteiger partial charge in [-0.3, -0.25) is 9.59 Å². The van der Waals surface area contributed by atoms with E-state index in [0.717, 1.165) is 0 Å². The Balaban J connectivity index is 1.97. The van der Waals surface area contributed by atoms with Crippen LogP contribution >= 0.6 is 11.6 Å². The molecule has 0 aliphatic carbocycles. The van der Waals surface area contributed by atoms with Crippen molar-refractivity contribution in [2.24, 2.45) is 0 Å². The summed E-state index contributed by atoms with van der Waals surface area (Å²) in [4.78, 5) is 38.0. The highest BCUT2D eigenvalue weighted by Gasteiger charge is 2.36. The molecule has 0 spiro atoms. The van der Waals surface area contributed by atoms with Crippen LogP contribution in [0.4, 0.5) is 4.79 Å². The molecule has 1 aromatic carbocycles.